The van der Waals surface area contributed by atoms with Gasteiger partial charge < -0.3 is 9.47 Å². The van der Waals surface area contributed by atoms with Crippen LogP contribution in [0.25, 0.3) is 6.08 Å². The van der Waals surface area contributed by atoms with Crippen molar-refractivity contribution in [2.75, 3.05) is 13.7 Å². The first-order valence-corrected chi connectivity index (χ1v) is 10.7. The van der Waals surface area contributed by atoms with E-state index >= 15 is 0 Å². The van der Waals surface area contributed by atoms with E-state index in [-0.39, 0.29) is 17.7 Å². The number of carbonyl (C=O) groups excluding carboxylic acids is 2. The summed E-state index contributed by atoms with van der Waals surface area (Å²) in [7, 11) is 1.58. The van der Waals surface area contributed by atoms with E-state index in [1.54, 1.807) is 19.3 Å². The van der Waals surface area contributed by atoms with Gasteiger partial charge in [-0.3, -0.25) is 14.5 Å². The molecule has 0 radical (unpaired) electrons. The Kier molecular flexibility index (Phi) is 7.01. The van der Waals surface area contributed by atoms with E-state index in [1.807, 2.05) is 43.3 Å². The summed E-state index contributed by atoms with van der Waals surface area (Å²) >= 11 is 3.18. The number of benzene rings is 2. The SMILES string of the molecule is CCCOc1ccc(/C=C2\SC(=O)N(Cc3ccc(I)cc3)C2=O)cc1OC. The standard InChI is InChI=1S/C21H20INO4S/c1-3-10-27-17-9-6-15(11-18(17)26-2)12-19-20(24)23(21(25)28-19)13-14-4-7-16(22)8-5-14/h4-9,11-12H,3,10,13H2,1-2H3/b19-12-. The van der Waals surface area contributed by atoms with Crippen LogP contribution in [0.1, 0.15) is 24.5 Å². The molecule has 1 heterocycles. The monoisotopic (exact) mass is 509 g/mol. The Labute approximate surface area is 182 Å². The molecule has 5 nitrogen and oxygen atoms in total. The number of imide groups is 1. The highest BCUT2D eigenvalue weighted by molar-refractivity contribution is 14.1. The van der Waals surface area contributed by atoms with Crippen molar-refractivity contribution in [3.8, 4) is 11.5 Å². The molecule has 0 atom stereocenters. The molecule has 0 unspecified atom stereocenters. The topological polar surface area (TPSA) is 55.8 Å². The summed E-state index contributed by atoms with van der Waals surface area (Å²) in [6, 6.07) is 13.2. The lowest BCUT2D eigenvalue weighted by Crippen LogP contribution is -2.27. The quantitative estimate of drug-likeness (QED) is 0.374. The molecule has 0 N–H and O–H groups in total. The maximum atomic E-state index is 12.7. The van der Waals surface area contributed by atoms with E-state index in [0.717, 1.165) is 32.9 Å². The van der Waals surface area contributed by atoms with Gasteiger partial charge in [-0.25, -0.2) is 0 Å². The summed E-state index contributed by atoms with van der Waals surface area (Å²) < 4.78 is 12.1. The number of nitrogens with zero attached hydrogens (tertiary/aromatic N) is 1. The molecule has 1 aliphatic heterocycles. The summed E-state index contributed by atoms with van der Waals surface area (Å²) in [6.07, 6.45) is 2.61. The molecule has 7 heteroatoms. The third-order valence-corrected chi connectivity index (χ3v) is 5.70. The lowest BCUT2D eigenvalue weighted by atomic mass is 10.1. The molecule has 1 fully saturated rings. The molecule has 1 aliphatic rings. The molecule has 0 aromatic heterocycles. The van der Waals surface area contributed by atoms with Crippen LogP contribution in [0.2, 0.25) is 0 Å². The number of thioether (sulfide) groups is 1. The molecule has 2 amide bonds. The van der Waals surface area contributed by atoms with Gasteiger partial charge in [0.25, 0.3) is 11.1 Å². The van der Waals surface area contributed by atoms with Crippen molar-refractivity contribution in [1.29, 1.82) is 0 Å². The van der Waals surface area contributed by atoms with Crippen LogP contribution in [0.4, 0.5) is 4.79 Å². The van der Waals surface area contributed by atoms with Crippen LogP contribution in [0.3, 0.4) is 0 Å². The van der Waals surface area contributed by atoms with Crippen molar-refractivity contribution in [2.45, 2.75) is 19.9 Å². The molecule has 0 spiro atoms. The van der Waals surface area contributed by atoms with Crippen LogP contribution >= 0.6 is 34.4 Å². The third-order valence-electron chi connectivity index (χ3n) is 4.07. The largest absolute Gasteiger partial charge is 0.493 e. The minimum absolute atomic E-state index is 0.260. The van der Waals surface area contributed by atoms with Crippen molar-refractivity contribution in [2.24, 2.45) is 0 Å². The van der Waals surface area contributed by atoms with Crippen molar-refractivity contribution in [3.05, 3.63) is 62.1 Å². The van der Waals surface area contributed by atoms with Gasteiger partial charge in [0.15, 0.2) is 11.5 Å². The summed E-state index contributed by atoms with van der Waals surface area (Å²) in [6.45, 7) is 2.91. The van der Waals surface area contributed by atoms with Crippen LogP contribution in [0.15, 0.2) is 47.4 Å². The summed E-state index contributed by atoms with van der Waals surface area (Å²) in [5.74, 6) is 0.979. The number of hydrogen-bond donors (Lipinski definition) is 0. The number of methoxy groups -OCH3 is 1. The molecular weight excluding hydrogens is 489 g/mol. The average molecular weight is 509 g/mol. The third kappa shape index (κ3) is 4.88. The maximum absolute atomic E-state index is 12.7. The van der Waals surface area contributed by atoms with Gasteiger partial charge in [-0.15, -0.1) is 0 Å². The predicted molar refractivity (Wildman–Crippen MR) is 119 cm³/mol. The molecule has 0 bridgehead atoms. The second kappa shape index (κ2) is 9.47. The van der Waals surface area contributed by atoms with Gasteiger partial charge in [-0.1, -0.05) is 25.1 Å². The first kappa shape index (κ1) is 20.7. The smallest absolute Gasteiger partial charge is 0.293 e. The van der Waals surface area contributed by atoms with E-state index in [2.05, 4.69) is 22.6 Å². The number of hydrogen-bond acceptors (Lipinski definition) is 5. The normalized spacial score (nSPS) is 15.4. The predicted octanol–water partition coefficient (Wildman–Crippen LogP) is 5.33. The average Bonchev–Trinajstić information content (AvgIpc) is 2.95. The van der Waals surface area contributed by atoms with E-state index in [1.165, 1.54) is 4.90 Å². The summed E-state index contributed by atoms with van der Waals surface area (Å²) in [4.78, 5) is 26.7. The highest BCUT2D eigenvalue weighted by atomic mass is 127. The van der Waals surface area contributed by atoms with Crippen molar-refractivity contribution in [3.63, 3.8) is 0 Å². The first-order chi connectivity index (χ1) is 13.5. The molecule has 1 saturated heterocycles. The first-order valence-electron chi connectivity index (χ1n) is 8.82. The Bertz CT molecular complexity index is 911. The molecule has 146 valence electrons. The zero-order chi connectivity index (χ0) is 20.1. The van der Waals surface area contributed by atoms with Gasteiger partial charge in [0, 0.05) is 3.57 Å². The van der Waals surface area contributed by atoms with Gasteiger partial charge in [-0.05, 0) is 82.2 Å². The highest BCUT2D eigenvalue weighted by Crippen LogP contribution is 2.35. The molecule has 2 aromatic carbocycles. The highest BCUT2D eigenvalue weighted by Gasteiger charge is 2.35. The van der Waals surface area contributed by atoms with Crippen LogP contribution < -0.4 is 9.47 Å². The maximum Gasteiger partial charge on any atom is 0.293 e. The van der Waals surface area contributed by atoms with Gasteiger partial charge >= 0.3 is 0 Å². The van der Waals surface area contributed by atoms with Gasteiger partial charge in [0.05, 0.1) is 25.2 Å². The Morgan fingerprint density at radius 2 is 1.86 bits per heavy atom. The van der Waals surface area contributed by atoms with Crippen molar-refractivity contribution < 1.29 is 19.1 Å². The molecule has 0 saturated carbocycles. The zero-order valence-electron chi connectivity index (χ0n) is 15.6. The number of halogens is 1. The number of rotatable bonds is 7. The number of ether oxygens (including phenoxy) is 2. The summed E-state index contributed by atoms with van der Waals surface area (Å²) in [5.41, 5.74) is 1.70. The van der Waals surface area contributed by atoms with Crippen LogP contribution in [0.5, 0.6) is 11.5 Å². The molecular formula is C21H20INO4S. The molecule has 3 rings (SSSR count). The van der Waals surface area contributed by atoms with E-state index < -0.39 is 0 Å². The Balaban J connectivity index is 1.78. The van der Waals surface area contributed by atoms with E-state index in [0.29, 0.717) is 23.0 Å². The van der Waals surface area contributed by atoms with Crippen molar-refractivity contribution >= 4 is 51.6 Å². The van der Waals surface area contributed by atoms with Gasteiger partial charge in [0.1, 0.15) is 0 Å². The molecule has 0 aliphatic carbocycles. The minimum atomic E-state index is -0.279. The zero-order valence-corrected chi connectivity index (χ0v) is 18.6. The van der Waals surface area contributed by atoms with E-state index in [4.69, 9.17) is 9.47 Å². The molecule has 2 aromatic rings. The lowest BCUT2D eigenvalue weighted by Gasteiger charge is -2.12. The minimum Gasteiger partial charge on any atom is -0.493 e. The fraction of sp³-hybridized carbons (Fsp3) is 0.238. The summed E-state index contributed by atoms with van der Waals surface area (Å²) in [5, 5.41) is -0.260. The van der Waals surface area contributed by atoms with Crippen LogP contribution in [-0.4, -0.2) is 29.8 Å². The van der Waals surface area contributed by atoms with Gasteiger partial charge in [-0.2, -0.15) is 0 Å². The van der Waals surface area contributed by atoms with Crippen LogP contribution in [0, 0.1) is 3.57 Å². The Hall–Kier alpha value is -2.00. The molecule has 28 heavy (non-hydrogen) atoms. The Morgan fingerprint density at radius 3 is 2.54 bits per heavy atom. The fourth-order valence-electron chi connectivity index (χ4n) is 2.67. The number of carbonyl (C=O) groups is 2. The van der Waals surface area contributed by atoms with Crippen molar-refractivity contribution in [1.82, 2.24) is 4.90 Å². The van der Waals surface area contributed by atoms with Crippen LogP contribution in [-0.2, 0) is 11.3 Å². The van der Waals surface area contributed by atoms with Gasteiger partial charge in [0.2, 0.25) is 0 Å². The number of amides is 2. The second-order valence-electron chi connectivity index (χ2n) is 6.15. The Morgan fingerprint density at radius 1 is 1.11 bits per heavy atom. The second-order valence-corrected chi connectivity index (χ2v) is 8.39. The lowest BCUT2D eigenvalue weighted by molar-refractivity contribution is -0.123. The van der Waals surface area contributed by atoms with E-state index in [9.17, 15) is 9.59 Å². The fourth-order valence-corrected chi connectivity index (χ4v) is 3.86.